The zero-order chi connectivity index (χ0) is 25.4. The minimum atomic E-state index is -0.683. The zero-order valence-corrected chi connectivity index (χ0v) is 22.4. The van der Waals surface area contributed by atoms with Crippen LogP contribution >= 0.6 is 27.3 Å². The predicted octanol–water partition coefficient (Wildman–Crippen LogP) is 4.72. The van der Waals surface area contributed by atoms with Gasteiger partial charge in [-0.1, -0.05) is 59.9 Å². The summed E-state index contributed by atoms with van der Waals surface area (Å²) < 4.78 is 13.6. The molecule has 1 aromatic heterocycles. The van der Waals surface area contributed by atoms with Gasteiger partial charge in [-0.05, 0) is 69.9 Å². The Labute approximate surface area is 220 Å². The molecule has 4 aromatic rings. The van der Waals surface area contributed by atoms with Crippen molar-refractivity contribution in [2.45, 2.75) is 19.9 Å². The number of halogens is 1. The molecular weight excluding hydrogens is 540 g/mol. The number of esters is 1. The van der Waals surface area contributed by atoms with Crippen molar-refractivity contribution in [2.24, 2.45) is 4.99 Å². The largest absolute Gasteiger partial charge is 0.496 e. The number of carbonyl (C=O) groups excluding carboxylic acids is 1. The van der Waals surface area contributed by atoms with Crippen LogP contribution in [0.25, 0.3) is 16.8 Å². The van der Waals surface area contributed by atoms with E-state index in [4.69, 9.17) is 9.47 Å². The lowest BCUT2D eigenvalue weighted by atomic mass is 9.96. The predicted molar refractivity (Wildman–Crippen MR) is 145 cm³/mol. The molecule has 1 aliphatic heterocycles. The van der Waals surface area contributed by atoms with Crippen LogP contribution in [0.2, 0.25) is 0 Å². The number of rotatable bonds is 5. The third-order valence-electron chi connectivity index (χ3n) is 6.12. The molecule has 5 rings (SSSR count). The lowest BCUT2D eigenvalue weighted by Gasteiger charge is -2.25. The van der Waals surface area contributed by atoms with Crippen LogP contribution in [-0.4, -0.2) is 24.3 Å². The Morgan fingerprint density at radius 2 is 1.94 bits per heavy atom. The second-order valence-electron chi connectivity index (χ2n) is 8.26. The fraction of sp³-hybridized carbons (Fsp3) is 0.179. The van der Waals surface area contributed by atoms with Crippen LogP contribution in [0.5, 0.6) is 5.75 Å². The summed E-state index contributed by atoms with van der Waals surface area (Å²) in [6, 6.07) is 18.9. The average Bonchev–Trinajstić information content (AvgIpc) is 3.17. The van der Waals surface area contributed by atoms with Gasteiger partial charge in [-0.2, -0.15) is 0 Å². The fourth-order valence-electron chi connectivity index (χ4n) is 4.48. The molecule has 6 nitrogen and oxygen atoms in total. The zero-order valence-electron chi connectivity index (χ0n) is 19.9. The number of allylic oxidation sites excluding steroid dienone is 1. The van der Waals surface area contributed by atoms with Gasteiger partial charge in [-0.15, -0.1) is 0 Å². The van der Waals surface area contributed by atoms with Gasteiger partial charge >= 0.3 is 5.97 Å². The van der Waals surface area contributed by atoms with E-state index in [9.17, 15) is 9.59 Å². The van der Waals surface area contributed by atoms with E-state index in [2.05, 4.69) is 20.9 Å². The smallest absolute Gasteiger partial charge is 0.338 e. The maximum atomic E-state index is 13.8. The van der Waals surface area contributed by atoms with Crippen LogP contribution in [0.4, 0.5) is 0 Å². The van der Waals surface area contributed by atoms with E-state index in [-0.39, 0.29) is 12.2 Å². The van der Waals surface area contributed by atoms with Gasteiger partial charge in [0.25, 0.3) is 5.56 Å². The molecule has 182 valence electrons. The van der Waals surface area contributed by atoms with Gasteiger partial charge < -0.3 is 9.47 Å². The topological polar surface area (TPSA) is 69.9 Å². The van der Waals surface area contributed by atoms with Gasteiger partial charge in [0, 0.05) is 0 Å². The first-order valence-corrected chi connectivity index (χ1v) is 13.0. The highest BCUT2D eigenvalue weighted by molar-refractivity contribution is 9.10. The van der Waals surface area contributed by atoms with E-state index < -0.39 is 12.0 Å². The first-order valence-electron chi connectivity index (χ1n) is 11.4. The van der Waals surface area contributed by atoms with Crippen LogP contribution < -0.4 is 19.6 Å². The molecule has 0 amide bonds. The van der Waals surface area contributed by atoms with Crippen LogP contribution in [0.1, 0.15) is 31.0 Å². The lowest BCUT2D eigenvalue weighted by Crippen LogP contribution is -2.40. The van der Waals surface area contributed by atoms with E-state index in [1.807, 2.05) is 66.7 Å². The second-order valence-corrected chi connectivity index (χ2v) is 10.1. The number of benzene rings is 3. The number of hydrogen-bond donors (Lipinski definition) is 0. The number of thiazole rings is 1. The molecule has 0 unspecified atom stereocenters. The molecule has 0 saturated carbocycles. The molecule has 36 heavy (non-hydrogen) atoms. The van der Waals surface area contributed by atoms with Gasteiger partial charge in [0.15, 0.2) is 4.80 Å². The van der Waals surface area contributed by atoms with Crippen molar-refractivity contribution in [2.75, 3.05) is 13.7 Å². The minimum absolute atomic E-state index is 0.210. The highest BCUT2D eigenvalue weighted by Gasteiger charge is 2.33. The Kier molecular flexibility index (Phi) is 6.64. The first kappa shape index (κ1) is 24.2. The number of aromatic nitrogens is 1. The quantitative estimate of drug-likeness (QED) is 0.330. The molecule has 0 saturated heterocycles. The van der Waals surface area contributed by atoms with Gasteiger partial charge in [-0.3, -0.25) is 9.36 Å². The molecule has 1 aliphatic rings. The van der Waals surface area contributed by atoms with Crippen molar-refractivity contribution < 1.29 is 14.3 Å². The summed E-state index contributed by atoms with van der Waals surface area (Å²) in [5.74, 6) is 0.166. The molecule has 2 heterocycles. The summed E-state index contributed by atoms with van der Waals surface area (Å²) in [5, 5.41) is 2.16. The maximum Gasteiger partial charge on any atom is 0.338 e. The maximum absolute atomic E-state index is 13.8. The SMILES string of the molecule is CCOC(=O)C1=C(C)N=c2s/c(=C/c3cccc4ccccc34)c(=O)n2[C@H]1c1ccc(OC)c(Br)c1. The van der Waals surface area contributed by atoms with E-state index in [0.29, 0.717) is 26.4 Å². The Hall–Kier alpha value is -3.49. The van der Waals surface area contributed by atoms with E-state index in [1.54, 1.807) is 25.5 Å². The minimum Gasteiger partial charge on any atom is -0.496 e. The molecule has 1 atom stereocenters. The summed E-state index contributed by atoms with van der Waals surface area (Å²) in [6.45, 7) is 3.76. The van der Waals surface area contributed by atoms with Crippen LogP contribution in [0, 0.1) is 0 Å². The number of methoxy groups -OCH3 is 1. The van der Waals surface area contributed by atoms with Gasteiger partial charge in [0.1, 0.15) is 5.75 Å². The standard InChI is InChI=1S/C28H23BrN2O4S/c1-4-35-27(33)24-16(2)30-28-31(25(24)19-12-13-22(34-3)21(29)14-19)26(32)23(36-28)15-18-10-7-9-17-8-5-6-11-20(17)18/h5-15,25H,4H2,1-3H3/b23-15+/t25-/m0/s1. The van der Waals surface area contributed by atoms with Crippen molar-refractivity contribution in [3.63, 3.8) is 0 Å². The van der Waals surface area contributed by atoms with Gasteiger partial charge in [0.05, 0.1) is 40.0 Å². The molecule has 3 aromatic carbocycles. The molecule has 0 bridgehead atoms. The number of fused-ring (bicyclic) bond motifs is 2. The van der Waals surface area contributed by atoms with E-state index >= 15 is 0 Å². The summed E-state index contributed by atoms with van der Waals surface area (Å²) in [6.07, 6.45) is 1.90. The van der Waals surface area contributed by atoms with E-state index in [0.717, 1.165) is 26.4 Å². The van der Waals surface area contributed by atoms with Crippen molar-refractivity contribution in [3.05, 3.63) is 107 Å². The fourth-order valence-corrected chi connectivity index (χ4v) is 6.07. The van der Waals surface area contributed by atoms with Crippen molar-refractivity contribution in [1.29, 1.82) is 0 Å². The van der Waals surface area contributed by atoms with Crippen molar-refractivity contribution >= 4 is 50.1 Å². The molecule has 0 radical (unpaired) electrons. The Morgan fingerprint density at radius 3 is 2.69 bits per heavy atom. The Bertz CT molecular complexity index is 1710. The van der Waals surface area contributed by atoms with Crippen molar-refractivity contribution in [1.82, 2.24) is 4.57 Å². The second kappa shape index (κ2) is 9.87. The monoisotopic (exact) mass is 562 g/mol. The van der Waals surface area contributed by atoms with Gasteiger partial charge in [0.2, 0.25) is 0 Å². The Balaban J connectivity index is 1.75. The third kappa shape index (κ3) is 4.20. The van der Waals surface area contributed by atoms with E-state index in [1.165, 1.54) is 11.3 Å². The molecular formula is C28H23BrN2O4S. The summed E-state index contributed by atoms with van der Waals surface area (Å²) in [4.78, 5) is 32.1. The van der Waals surface area contributed by atoms with Gasteiger partial charge in [-0.25, -0.2) is 9.79 Å². The number of ether oxygens (including phenoxy) is 2. The molecule has 0 aliphatic carbocycles. The van der Waals surface area contributed by atoms with Crippen LogP contribution in [0.15, 0.2) is 86.2 Å². The average molecular weight is 563 g/mol. The number of nitrogens with zero attached hydrogens (tertiary/aromatic N) is 2. The van der Waals surface area contributed by atoms with Crippen LogP contribution in [0.3, 0.4) is 0 Å². The number of hydrogen-bond acceptors (Lipinski definition) is 6. The summed E-state index contributed by atoms with van der Waals surface area (Å²) >= 11 is 4.85. The Morgan fingerprint density at radius 1 is 1.17 bits per heavy atom. The molecule has 0 N–H and O–H groups in total. The molecule has 0 fully saturated rings. The van der Waals surface area contributed by atoms with Crippen molar-refractivity contribution in [3.8, 4) is 5.75 Å². The highest BCUT2D eigenvalue weighted by atomic mass is 79.9. The van der Waals surface area contributed by atoms with Crippen LogP contribution in [-0.2, 0) is 9.53 Å². The molecule has 0 spiro atoms. The third-order valence-corrected chi connectivity index (χ3v) is 7.72. The summed E-state index contributed by atoms with van der Waals surface area (Å²) in [5.41, 5.74) is 2.36. The normalized spacial score (nSPS) is 15.6. The number of carbonyl (C=O) groups is 1. The molecule has 8 heteroatoms. The lowest BCUT2D eigenvalue weighted by molar-refractivity contribution is -0.139. The first-order chi connectivity index (χ1) is 17.4. The summed E-state index contributed by atoms with van der Waals surface area (Å²) in [7, 11) is 1.59. The highest BCUT2D eigenvalue weighted by Crippen LogP contribution is 2.35.